The second-order valence-electron chi connectivity index (χ2n) is 5.69. The number of rotatable bonds is 5. The molecule has 1 aliphatic rings. The van der Waals surface area contributed by atoms with Crippen molar-refractivity contribution in [1.82, 2.24) is 5.32 Å². The lowest BCUT2D eigenvalue weighted by Gasteiger charge is -2.26. The molecule has 0 aliphatic carbocycles. The summed E-state index contributed by atoms with van der Waals surface area (Å²) < 4.78 is 11.6. The third kappa shape index (κ3) is 3.83. The van der Waals surface area contributed by atoms with E-state index in [2.05, 4.69) is 5.32 Å². The summed E-state index contributed by atoms with van der Waals surface area (Å²) in [5, 5.41) is 2.69. The lowest BCUT2D eigenvalue weighted by Crippen LogP contribution is -2.23. The van der Waals surface area contributed by atoms with Crippen molar-refractivity contribution < 1.29 is 14.3 Å². The Hall–Kier alpha value is -2.49. The number of hydrogen-bond acceptors (Lipinski definition) is 3. The van der Waals surface area contributed by atoms with Crippen molar-refractivity contribution in [2.45, 2.75) is 25.4 Å². The van der Waals surface area contributed by atoms with Crippen LogP contribution >= 0.6 is 0 Å². The van der Waals surface area contributed by atoms with E-state index in [0.29, 0.717) is 19.6 Å². The molecule has 1 amide bonds. The van der Waals surface area contributed by atoms with Gasteiger partial charge in [0.2, 0.25) is 5.91 Å². The zero-order valence-corrected chi connectivity index (χ0v) is 13.2. The molecular formula is C19H21NO3. The van der Waals surface area contributed by atoms with Gasteiger partial charge in [-0.25, -0.2) is 0 Å². The van der Waals surface area contributed by atoms with Crippen LogP contribution in [0.25, 0.3) is 0 Å². The molecule has 1 unspecified atom stereocenters. The molecule has 1 N–H and O–H groups in total. The van der Waals surface area contributed by atoms with E-state index in [1.54, 1.807) is 7.05 Å². The lowest BCUT2D eigenvalue weighted by atomic mass is 9.90. The first-order valence-electron chi connectivity index (χ1n) is 7.90. The topological polar surface area (TPSA) is 47.6 Å². The predicted octanol–water partition coefficient (Wildman–Crippen LogP) is 3.27. The summed E-state index contributed by atoms with van der Waals surface area (Å²) in [4.78, 5) is 11.6. The van der Waals surface area contributed by atoms with Crippen molar-refractivity contribution in [1.29, 1.82) is 0 Å². The maximum absolute atomic E-state index is 11.6. The zero-order chi connectivity index (χ0) is 16.1. The first-order valence-corrected chi connectivity index (χ1v) is 7.90. The molecule has 0 bridgehead atoms. The fourth-order valence-corrected chi connectivity index (χ4v) is 2.81. The van der Waals surface area contributed by atoms with Gasteiger partial charge in [-0.1, -0.05) is 36.4 Å². The first-order chi connectivity index (χ1) is 11.3. The molecule has 0 spiro atoms. The third-order valence-electron chi connectivity index (χ3n) is 4.11. The highest BCUT2D eigenvalue weighted by atomic mass is 16.5. The summed E-state index contributed by atoms with van der Waals surface area (Å²) in [5.74, 6) is 1.89. The molecule has 23 heavy (non-hydrogen) atoms. The Labute approximate surface area is 136 Å². The summed E-state index contributed by atoms with van der Waals surface area (Å²) in [7, 11) is 1.67. The number of fused-ring (bicyclic) bond motifs is 1. The Balaban J connectivity index is 1.70. The number of ether oxygens (including phenoxy) is 2. The second-order valence-corrected chi connectivity index (χ2v) is 5.69. The molecule has 4 nitrogen and oxygen atoms in total. The summed E-state index contributed by atoms with van der Waals surface area (Å²) in [6.45, 7) is 1.16. The van der Waals surface area contributed by atoms with Crippen LogP contribution in [0, 0.1) is 0 Å². The molecule has 0 saturated heterocycles. The average Bonchev–Trinajstić information content (AvgIpc) is 2.60. The minimum absolute atomic E-state index is 0.0623. The number of amides is 1. The smallest absolute Gasteiger partial charge is 0.220 e. The Bertz CT molecular complexity index is 670. The SMILES string of the molecule is CNC(=O)CC1CCOc2cc(OCc3ccccc3)ccc21. The van der Waals surface area contributed by atoms with Crippen LogP contribution in [-0.4, -0.2) is 19.6 Å². The van der Waals surface area contributed by atoms with E-state index in [9.17, 15) is 4.79 Å². The molecular weight excluding hydrogens is 290 g/mol. The van der Waals surface area contributed by atoms with Gasteiger partial charge >= 0.3 is 0 Å². The van der Waals surface area contributed by atoms with Gasteiger partial charge in [0.05, 0.1) is 6.61 Å². The summed E-state index contributed by atoms with van der Waals surface area (Å²) in [6.07, 6.45) is 1.36. The van der Waals surface area contributed by atoms with Crippen molar-refractivity contribution in [2.24, 2.45) is 0 Å². The van der Waals surface area contributed by atoms with E-state index in [4.69, 9.17) is 9.47 Å². The number of carbonyl (C=O) groups excluding carboxylic acids is 1. The standard InChI is InChI=1S/C19H21NO3/c1-20-19(21)11-15-9-10-22-18-12-16(7-8-17(15)18)23-13-14-5-3-2-4-6-14/h2-8,12,15H,9-11,13H2,1H3,(H,20,21). The maximum Gasteiger partial charge on any atom is 0.220 e. The monoisotopic (exact) mass is 311 g/mol. The first kappa shape index (κ1) is 15.4. The fraction of sp³-hybridized carbons (Fsp3) is 0.316. The van der Waals surface area contributed by atoms with Crippen LogP contribution in [0.5, 0.6) is 11.5 Å². The predicted molar refractivity (Wildman–Crippen MR) is 88.8 cm³/mol. The van der Waals surface area contributed by atoms with Crippen LogP contribution in [0.1, 0.15) is 29.9 Å². The van der Waals surface area contributed by atoms with E-state index < -0.39 is 0 Å². The molecule has 0 saturated carbocycles. The van der Waals surface area contributed by atoms with Crippen LogP contribution < -0.4 is 14.8 Å². The summed E-state index contributed by atoms with van der Waals surface area (Å²) >= 11 is 0. The van der Waals surface area contributed by atoms with Gasteiger partial charge in [-0.3, -0.25) is 4.79 Å². The number of carbonyl (C=O) groups is 1. The van der Waals surface area contributed by atoms with Crippen molar-refractivity contribution in [2.75, 3.05) is 13.7 Å². The molecule has 2 aromatic carbocycles. The van der Waals surface area contributed by atoms with Crippen LogP contribution in [0.4, 0.5) is 0 Å². The van der Waals surface area contributed by atoms with Crippen LogP contribution in [-0.2, 0) is 11.4 Å². The number of benzene rings is 2. The fourth-order valence-electron chi connectivity index (χ4n) is 2.81. The van der Waals surface area contributed by atoms with E-state index in [0.717, 1.165) is 29.0 Å². The third-order valence-corrected chi connectivity index (χ3v) is 4.11. The number of nitrogens with one attached hydrogen (secondary N) is 1. The van der Waals surface area contributed by atoms with E-state index in [-0.39, 0.29) is 11.8 Å². The molecule has 3 rings (SSSR count). The maximum atomic E-state index is 11.6. The molecule has 0 aromatic heterocycles. The van der Waals surface area contributed by atoms with Gasteiger partial charge in [0.1, 0.15) is 18.1 Å². The Morgan fingerprint density at radius 1 is 1.26 bits per heavy atom. The van der Waals surface area contributed by atoms with Gasteiger partial charge in [-0.05, 0) is 29.5 Å². The molecule has 0 fully saturated rings. The Morgan fingerprint density at radius 2 is 2.09 bits per heavy atom. The second kappa shape index (κ2) is 7.18. The summed E-state index contributed by atoms with van der Waals surface area (Å²) in [6, 6.07) is 15.9. The highest BCUT2D eigenvalue weighted by molar-refractivity contribution is 5.76. The van der Waals surface area contributed by atoms with Gasteiger partial charge in [0, 0.05) is 19.5 Å². The quantitative estimate of drug-likeness (QED) is 0.922. The molecule has 2 aromatic rings. The lowest BCUT2D eigenvalue weighted by molar-refractivity contribution is -0.121. The minimum Gasteiger partial charge on any atom is -0.493 e. The number of hydrogen-bond donors (Lipinski definition) is 1. The minimum atomic E-state index is 0.0623. The van der Waals surface area contributed by atoms with Crippen LogP contribution in [0.2, 0.25) is 0 Å². The van der Waals surface area contributed by atoms with E-state index in [1.165, 1.54) is 0 Å². The summed E-state index contributed by atoms with van der Waals surface area (Å²) in [5.41, 5.74) is 2.22. The van der Waals surface area contributed by atoms with Crippen molar-refractivity contribution in [3.05, 3.63) is 59.7 Å². The molecule has 1 aliphatic heterocycles. The molecule has 120 valence electrons. The molecule has 1 atom stereocenters. The van der Waals surface area contributed by atoms with Crippen LogP contribution in [0.15, 0.2) is 48.5 Å². The Kier molecular flexibility index (Phi) is 4.81. The van der Waals surface area contributed by atoms with Gasteiger partial charge < -0.3 is 14.8 Å². The van der Waals surface area contributed by atoms with E-state index in [1.807, 2.05) is 48.5 Å². The van der Waals surface area contributed by atoms with E-state index >= 15 is 0 Å². The molecule has 0 radical (unpaired) electrons. The average molecular weight is 311 g/mol. The largest absolute Gasteiger partial charge is 0.493 e. The zero-order valence-electron chi connectivity index (χ0n) is 13.2. The van der Waals surface area contributed by atoms with Gasteiger partial charge in [0.25, 0.3) is 0 Å². The Morgan fingerprint density at radius 3 is 2.87 bits per heavy atom. The van der Waals surface area contributed by atoms with Crippen molar-refractivity contribution >= 4 is 5.91 Å². The highest BCUT2D eigenvalue weighted by Gasteiger charge is 2.24. The molecule has 1 heterocycles. The molecule has 4 heteroatoms. The normalized spacial score (nSPS) is 16.1. The van der Waals surface area contributed by atoms with Crippen molar-refractivity contribution in [3.63, 3.8) is 0 Å². The van der Waals surface area contributed by atoms with Crippen LogP contribution in [0.3, 0.4) is 0 Å². The van der Waals surface area contributed by atoms with Gasteiger partial charge in [0.15, 0.2) is 0 Å². The van der Waals surface area contributed by atoms with Gasteiger partial charge in [-0.15, -0.1) is 0 Å². The van der Waals surface area contributed by atoms with Crippen molar-refractivity contribution in [3.8, 4) is 11.5 Å². The van der Waals surface area contributed by atoms with Gasteiger partial charge in [-0.2, -0.15) is 0 Å². The highest BCUT2D eigenvalue weighted by Crippen LogP contribution is 2.38.